The van der Waals surface area contributed by atoms with Crippen molar-refractivity contribution in [3.8, 4) is 0 Å². The lowest BCUT2D eigenvalue weighted by Gasteiger charge is -2.24. The summed E-state index contributed by atoms with van der Waals surface area (Å²) in [6, 6.07) is 15.5. The number of fused-ring (bicyclic) bond motifs is 1. The summed E-state index contributed by atoms with van der Waals surface area (Å²) in [6.45, 7) is 1.88. The zero-order chi connectivity index (χ0) is 16.7. The topological polar surface area (TPSA) is 42.7 Å². The van der Waals surface area contributed by atoms with Crippen LogP contribution in [0.25, 0.3) is 5.70 Å². The Morgan fingerprint density at radius 2 is 1.58 bits per heavy atom. The highest BCUT2D eigenvalue weighted by molar-refractivity contribution is 6.30. The summed E-state index contributed by atoms with van der Waals surface area (Å²) in [5.74, 6) is 1.45. The van der Waals surface area contributed by atoms with Crippen molar-refractivity contribution in [3.05, 3.63) is 81.6 Å². The Balaban J connectivity index is 1.82. The molecule has 1 atom stereocenters. The Labute approximate surface area is 149 Å². The van der Waals surface area contributed by atoms with Gasteiger partial charge in [0.25, 0.3) is 0 Å². The van der Waals surface area contributed by atoms with E-state index in [1.165, 1.54) is 0 Å². The van der Waals surface area contributed by atoms with Crippen LogP contribution in [0, 0.1) is 6.92 Å². The fraction of sp³-hybridized carbons (Fsp3) is 0.111. The van der Waals surface area contributed by atoms with E-state index in [4.69, 9.17) is 23.2 Å². The summed E-state index contributed by atoms with van der Waals surface area (Å²) in [4.78, 5) is 4.49. The molecular formula is C18H14Cl2N4. The zero-order valence-electron chi connectivity index (χ0n) is 12.9. The van der Waals surface area contributed by atoms with Crippen LogP contribution in [-0.2, 0) is 0 Å². The van der Waals surface area contributed by atoms with Crippen LogP contribution >= 0.6 is 23.2 Å². The molecule has 1 aromatic heterocycles. The second-order valence-electron chi connectivity index (χ2n) is 5.64. The number of anilines is 1. The van der Waals surface area contributed by atoms with Crippen LogP contribution in [-0.4, -0.2) is 14.8 Å². The zero-order valence-corrected chi connectivity index (χ0v) is 14.4. The molecule has 1 N–H and O–H groups in total. The van der Waals surface area contributed by atoms with Gasteiger partial charge in [-0.25, -0.2) is 4.68 Å². The van der Waals surface area contributed by atoms with Crippen LogP contribution in [0.1, 0.15) is 23.0 Å². The van der Waals surface area contributed by atoms with E-state index in [-0.39, 0.29) is 6.04 Å². The first-order valence-electron chi connectivity index (χ1n) is 7.53. The maximum absolute atomic E-state index is 6.02. The Bertz CT molecular complexity index is 911. The number of halogens is 2. The Kier molecular flexibility index (Phi) is 3.79. The SMILES string of the molecule is Cc1nc2n(n1)C(c1ccc(Cl)cc1)C=C(c1ccc(Cl)cc1)N2. The van der Waals surface area contributed by atoms with E-state index in [0.717, 1.165) is 28.6 Å². The van der Waals surface area contributed by atoms with Gasteiger partial charge in [-0.3, -0.25) is 0 Å². The number of rotatable bonds is 2. The predicted octanol–water partition coefficient (Wildman–Crippen LogP) is 4.95. The van der Waals surface area contributed by atoms with Crippen molar-refractivity contribution >= 4 is 34.8 Å². The van der Waals surface area contributed by atoms with Gasteiger partial charge in [-0.15, -0.1) is 0 Å². The monoisotopic (exact) mass is 356 g/mol. The lowest BCUT2D eigenvalue weighted by Crippen LogP contribution is -2.20. The third kappa shape index (κ3) is 2.79. The van der Waals surface area contributed by atoms with Crippen molar-refractivity contribution in [3.63, 3.8) is 0 Å². The molecule has 2 heterocycles. The smallest absolute Gasteiger partial charge is 0.226 e. The van der Waals surface area contributed by atoms with Gasteiger partial charge in [0.1, 0.15) is 11.9 Å². The quantitative estimate of drug-likeness (QED) is 0.706. The van der Waals surface area contributed by atoms with Crippen molar-refractivity contribution in [2.24, 2.45) is 0 Å². The Morgan fingerprint density at radius 1 is 0.958 bits per heavy atom. The van der Waals surface area contributed by atoms with E-state index in [0.29, 0.717) is 10.0 Å². The fourth-order valence-corrected chi connectivity index (χ4v) is 3.05. The van der Waals surface area contributed by atoms with Crippen LogP contribution in [0.3, 0.4) is 0 Å². The number of hydrogen-bond acceptors (Lipinski definition) is 3. The molecule has 0 spiro atoms. The summed E-state index contributed by atoms with van der Waals surface area (Å²) in [6.07, 6.45) is 2.13. The Hall–Kier alpha value is -2.30. The van der Waals surface area contributed by atoms with E-state index < -0.39 is 0 Å². The molecule has 0 aliphatic carbocycles. The minimum Gasteiger partial charge on any atom is -0.324 e. The fourth-order valence-electron chi connectivity index (χ4n) is 2.80. The number of benzene rings is 2. The average Bonchev–Trinajstić information content (AvgIpc) is 2.95. The number of hydrogen-bond donors (Lipinski definition) is 1. The number of aryl methyl sites for hydroxylation is 1. The second-order valence-corrected chi connectivity index (χ2v) is 6.51. The van der Waals surface area contributed by atoms with E-state index in [9.17, 15) is 0 Å². The maximum atomic E-state index is 6.02. The lowest BCUT2D eigenvalue weighted by atomic mass is 10.0. The van der Waals surface area contributed by atoms with Gasteiger partial charge < -0.3 is 5.32 Å². The largest absolute Gasteiger partial charge is 0.324 e. The molecule has 0 bridgehead atoms. The van der Waals surface area contributed by atoms with Crippen molar-refractivity contribution in [1.29, 1.82) is 0 Å². The van der Waals surface area contributed by atoms with Gasteiger partial charge in [-0.2, -0.15) is 10.1 Å². The van der Waals surface area contributed by atoms with E-state index >= 15 is 0 Å². The normalized spacial score (nSPS) is 16.3. The highest BCUT2D eigenvalue weighted by Crippen LogP contribution is 2.33. The predicted molar refractivity (Wildman–Crippen MR) is 97.4 cm³/mol. The van der Waals surface area contributed by atoms with Gasteiger partial charge in [0, 0.05) is 15.7 Å². The highest BCUT2D eigenvalue weighted by Gasteiger charge is 2.24. The molecule has 2 aromatic carbocycles. The minimum atomic E-state index is -0.0506. The molecule has 0 saturated carbocycles. The molecule has 1 unspecified atom stereocenters. The van der Waals surface area contributed by atoms with Crippen LogP contribution < -0.4 is 5.32 Å². The van der Waals surface area contributed by atoms with Crippen LogP contribution in [0.2, 0.25) is 10.0 Å². The van der Waals surface area contributed by atoms with E-state index in [2.05, 4.69) is 21.5 Å². The van der Waals surface area contributed by atoms with Crippen molar-refractivity contribution < 1.29 is 0 Å². The minimum absolute atomic E-state index is 0.0506. The first-order chi connectivity index (χ1) is 11.6. The third-order valence-electron chi connectivity index (χ3n) is 3.94. The molecule has 24 heavy (non-hydrogen) atoms. The summed E-state index contributed by atoms with van der Waals surface area (Å²) >= 11 is 12.0. The van der Waals surface area contributed by atoms with Crippen molar-refractivity contribution in [2.75, 3.05) is 5.32 Å². The number of aromatic nitrogens is 3. The average molecular weight is 357 g/mol. The molecule has 0 saturated heterocycles. The molecule has 1 aliphatic rings. The van der Waals surface area contributed by atoms with Gasteiger partial charge in [0.05, 0.1) is 0 Å². The third-order valence-corrected chi connectivity index (χ3v) is 4.44. The first-order valence-corrected chi connectivity index (χ1v) is 8.29. The van der Waals surface area contributed by atoms with Crippen LogP contribution in [0.15, 0.2) is 54.6 Å². The van der Waals surface area contributed by atoms with Gasteiger partial charge >= 0.3 is 0 Å². The Morgan fingerprint density at radius 3 is 2.25 bits per heavy atom. The summed E-state index contributed by atoms with van der Waals surface area (Å²) in [5.41, 5.74) is 3.12. The van der Waals surface area contributed by atoms with E-state index in [1.54, 1.807) is 0 Å². The van der Waals surface area contributed by atoms with Crippen LogP contribution in [0.5, 0.6) is 0 Å². The lowest BCUT2D eigenvalue weighted by molar-refractivity contribution is 0.607. The van der Waals surface area contributed by atoms with Gasteiger partial charge in [-0.05, 0) is 48.4 Å². The summed E-state index contributed by atoms with van der Waals surface area (Å²) < 4.78 is 1.89. The van der Waals surface area contributed by atoms with Gasteiger partial charge in [0.2, 0.25) is 5.95 Å². The molecule has 3 aromatic rings. The summed E-state index contributed by atoms with van der Waals surface area (Å²) in [7, 11) is 0. The highest BCUT2D eigenvalue weighted by atomic mass is 35.5. The van der Waals surface area contributed by atoms with Crippen molar-refractivity contribution in [2.45, 2.75) is 13.0 Å². The molecule has 1 aliphatic heterocycles. The molecule has 4 nitrogen and oxygen atoms in total. The van der Waals surface area contributed by atoms with E-state index in [1.807, 2.05) is 60.1 Å². The number of allylic oxidation sites excluding steroid dienone is 1. The molecule has 6 heteroatoms. The molecule has 0 radical (unpaired) electrons. The maximum Gasteiger partial charge on any atom is 0.226 e. The molecule has 0 amide bonds. The van der Waals surface area contributed by atoms with Gasteiger partial charge in [0.15, 0.2) is 0 Å². The standard InChI is InChI=1S/C18H14Cl2N4/c1-11-21-18-22-16(12-2-6-14(19)7-3-12)10-17(24(18)23-11)13-4-8-15(20)9-5-13/h2-10,17H,1H3,(H,21,22,23). The van der Waals surface area contributed by atoms with Gasteiger partial charge in [-0.1, -0.05) is 47.5 Å². The molecule has 120 valence electrons. The summed E-state index contributed by atoms with van der Waals surface area (Å²) in [5, 5.41) is 9.29. The second kappa shape index (κ2) is 5.96. The molecular weight excluding hydrogens is 343 g/mol. The first kappa shape index (κ1) is 15.2. The molecule has 0 fully saturated rings. The van der Waals surface area contributed by atoms with Crippen LogP contribution in [0.4, 0.5) is 5.95 Å². The number of nitrogens with zero attached hydrogens (tertiary/aromatic N) is 3. The van der Waals surface area contributed by atoms with Crippen molar-refractivity contribution in [1.82, 2.24) is 14.8 Å². The molecule has 4 rings (SSSR count). The number of nitrogens with one attached hydrogen (secondary N) is 1.